The molecule has 1 saturated carbocycles. The van der Waals surface area contributed by atoms with Gasteiger partial charge in [-0.1, -0.05) is 12.8 Å². The summed E-state index contributed by atoms with van der Waals surface area (Å²) >= 11 is 0. The van der Waals surface area contributed by atoms with E-state index >= 15 is 0 Å². The summed E-state index contributed by atoms with van der Waals surface area (Å²) in [5, 5.41) is 9.34. The van der Waals surface area contributed by atoms with E-state index in [2.05, 4.69) is 4.90 Å². The molecule has 2 atom stereocenters. The molecule has 2 fully saturated rings. The van der Waals surface area contributed by atoms with Gasteiger partial charge in [0.1, 0.15) is 0 Å². The van der Waals surface area contributed by atoms with Crippen molar-refractivity contribution in [3.8, 4) is 0 Å². The standard InChI is InChI=1S/C13H25NO/c1-11(15)8-10-14-9-4-7-13(14)12-5-2-3-6-12/h11-13,15H,2-10H2,1H3. The van der Waals surface area contributed by atoms with Crippen LogP contribution < -0.4 is 0 Å². The Morgan fingerprint density at radius 3 is 2.60 bits per heavy atom. The fourth-order valence-electron chi connectivity index (χ4n) is 3.36. The van der Waals surface area contributed by atoms with Crippen molar-refractivity contribution in [3.63, 3.8) is 0 Å². The average molecular weight is 211 g/mol. The van der Waals surface area contributed by atoms with Crippen LogP contribution in [0.15, 0.2) is 0 Å². The highest BCUT2D eigenvalue weighted by atomic mass is 16.3. The van der Waals surface area contributed by atoms with Gasteiger partial charge in [0.2, 0.25) is 0 Å². The van der Waals surface area contributed by atoms with Crippen molar-refractivity contribution >= 4 is 0 Å². The number of aliphatic hydroxyl groups excluding tert-OH is 1. The van der Waals surface area contributed by atoms with Gasteiger partial charge in [-0.15, -0.1) is 0 Å². The molecule has 1 aliphatic heterocycles. The predicted molar refractivity (Wildman–Crippen MR) is 62.9 cm³/mol. The van der Waals surface area contributed by atoms with Gasteiger partial charge in [0.05, 0.1) is 6.10 Å². The van der Waals surface area contributed by atoms with Crippen LogP contribution in [0.3, 0.4) is 0 Å². The molecular formula is C13H25NO. The van der Waals surface area contributed by atoms with Gasteiger partial charge in [-0.3, -0.25) is 0 Å². The van der Waals surface area contributed by atoms with E-state index in [0.717, 1.165) is 24.9 Å². The van der Waals surface area contributed by atoms with E-state index in [1.54, 1.807) is 0 Å². The molecule has 1 aliphatic carbocycles. The molecule has 0 aromatic heterocycles. The van der Waals surface area contributed by atoms with Gasteiger partial charge in [0.15, 0.2) is 0 Å². The molecule has 15 heavy (non-hydrogen) atoms. The van der Waals surface area contributed by atoms with Crippen molar-refractivity contribution in [2.24, 2.45) is 5.92 Å². The minimum absolute atomic E-state index is 0.130. The van der Waals surface area contributed by atoms with Crippen LogP contribution in [0.4, 0.5) is 0 Å². The van der Waals surface area contributed by atoms with Gasteiger partial charge in [0.25, 0.3) is 0 Å². The summed E-state index contributed by atoms with van der Waals surface area (Å²) in [6.07, 6.45) is 9.41. The monoisotopic (exact) mass is 211 g/mol. The summed E-state index contributed by atoms with van der Waals surface area (Å²) in [5.41, 5.74) is 0. The molecule has 1 saturated heterocycles. The third kappa shape index (κ3) is 2.94. The van der Waals surface area contributed by atoms with E-state index in [9.17, 15) is 5.11 Å². The normalized spacial score (nSPS) is 31.2. The van der Waals surface area contributed by atoms with Crippen LogP contribution in [-0.2, 0) is 0 Å². The van der Waals surface area contributed by atoms with E-state index in [-0.39, 0.29) is 6.10 Å². The first-order valence-electron chi connectivity index (χ1n) is 6.69. The van der Waals surface area contributed by atoms with Gasteiger partial charge in [-0.2, -0.15) is 0 Å². The van der Waals surface area contributed by atoms with E-state index < -0.39 is 0 Å². The number of aliphatic hydroxyl groups is 1. The third-order valence-electron chi connectivity index (χ3n) is 4.19. The summed E-state index contributed by atoms with van der Waals surface area (Å²) in [5.74, 6) is 0.974. The molecule has 88 valence electrons. The van der Waals surface area contributed by atoms with E-state index in [1.807, 2.05) is 6.92 Å². The Morgan fingerprint density at radius 1 is 1.20 bits per heavy atom. The molecule has 0 amide bonds. The van der Waals surface area contributed by atoms with Crippen LogP contribution in [0.5, 0.6) is 0 Å². The van der Waals surface area contributed by atoms with E-state index in [4.69, 9.17) is 0 Å². The van der Waals surface area contributed by atoms with Crippen LogP contribution in [0.25, 0.3) is 0 Å². The molecule has 0 spiro atoms. The number of hydrogen-bond acceptors (Lipinski definition) is 2. The first kappa shape index (κ1) is 11.4. The second-order valence-electron chi connectivity index (χ2n) is 5.43. The van der Waals surface area contributed by atoms with Crippen molar-refractivity contribution in [2.45, 2.75) is 64.0 Å². The smallest absolute Gasteiger partial charge is 0.0524 e. The Kier molecular flexibility index (Phi) is 4.04. The van der Waals surface area contributed by atoms with Crippen molar-refractivity contribution in [1.29, 1.82) is 0 Å². The minimum Gasteiger partial charge on any atom is -0.393 e. The maximum atomic E-state index is 9.34. The molecule has 2 rings (SSSR count). The lowest BCUT2D eigenvalue weighted by atomic mass is 9.96. The topological polar surface area (TPSA) is 23.5 Å². The van der Waals surface area contributed by atoms with Gasteiger partial charge in [0, 0.05) is 12.6 Å². The minimum atomic E-state index is -0.130. The van der Waals surface area contributed by atoms with Gasteiger partial charge < -0.3 is 10.0 Å². The molecule has 0 aromatic rings. The highest BCUT2D eigenvalue weighted by Gasteiger charge is 2.32. The fourth-order valence-corrected chi connectivity index (χ4v) is 3.36. The Morgan fingerprint density at radius 2 is 1.93 bits per heavy atom. The molecule has 2 heteroatoms. The van der Waals surface area contributed by atoms with Crippen molar-refractivity contribution in [1.82, 2.24) is 4.90 Å². The summed E-state index contributed by atoms with van der Waals surface area (Å²) in [6.45, 7) is 4.29. The third-order valence-corrected chi connectivity index (χ3v) is 4.19. The zero-order chi connectivity index (χ0) is 10.7. The largest absolute Gasteiger partial charge is 0.393 e. The first-order valence-corrected chi connectivity index (χ1v) is 6.69. The van der Waals surface area contributed by atoms with Gasteiger partial charge >= 0.3 is 0 Å². The Labute approximate surface area is 93.7 Å². The highest BCUT2D eigenvalue weighted by molar-refractivity contribution is 4.87. The lowest BCUT2D eigenvalue weighted by molar-refractivity contribution is 0.134. The van der Waals surface area contributed by atoms with Crippen LogP contribution in [0.1, 0.15) is 51.9 Å². The molecule has 0 radical (unpaired) electrons. The Hall–Kier alpha value is -0.0800. The predicted octanol–water partition coefficient (Wildman–Crippen LogP) is 2.41. The van der Waals surface area contributed by atoms with Gasteiger partial charge in [-0.05, 0) is 51.5 Å². The quantitative estimate of drug-likeness (QED) is 0.772. The summed E-state index contributed by atoms with van der Waals surface area (Å²) in [4.78, 5) is 2.64. The van der Waals surface area contributed by atoms with Crippen molar-refractivity contribution in [3.05, 3.63) is 0 Å². The molecule has 2 nitrogen and oxygen atoms in total. The zero-order valence-corrected chi connectivity index (χ0v) is 9.99. The molecule has 1 N–H and O–H groups in total. The second-order valence-corrected chi connectivity index (χ2v) is 5.43. The number of nitrogens with zero attached hydrogens (tertiary/aromatic N) is 1. The fraction of sp³-hybridized carbons (Fsp3) is 1.00. The van der Waals surface area contributed by atoms with Crippen molar-refractivity contribution < 1.29 is 5.11 Å². The lowest BCUT2D eigenvalue weighted by Gasteiger charge is -2.29. The molecule has 2 unspecified atom stereocenters. The maximum absolute atomic E-state index is 9.34. The molecule has 2 aliphatic rings. The molecule has 1 heterocycles. The van der Waals surface area contributed by atoms with Crippen LogP contribution in [0.2, 0.25) is 0 Å². The summed E-state index contributed by atoms with van der Waals surface area (Å²) in [6, 6.07) is 0.853. The average Bonchev–Trinajstić information content (AvgIpc) is 2.85. The number of likely N-dealkylation sites (tertiary alicyclic amines) is 1. The van der Waals surface area contributed by atoms with Crippen LogP contribution in [0, 0.1) is 5.92 Å². The number of rotatable bonds is 4. The Balaban J connectivity index is 1.81. The molecule has 0 bridgehead atoms. The maximum Gasteiger partial charge on any atom is 0.0524 e. The Bertz CT molecular complexity index is 187. The lowest BCUT2D eigenvalue weighted by Crippen LogP contribution is -2.36. The molecular weight excluding hydrogens is 186 g/mol. The van der Waals surface area contributed by atoms with Gasteiger partial charge in [-0.25, -0.2) is 0 Å². The highest BCUT2D eigenvalue weighted by Crippen LogP contribution is 2.35. The van der Waals surface area contributed by atoms with Crippen LogP contribution >= 0.6 is 0 Å². The SMILES string of the molecule is CC(O)CCN1CCCC1C1CCCC1. The molecule has 0 aromatic carbocycles. The summed E-state index contributed by atoms with van der Waals surface area (Å²) < 4.78 is 0. The van der Waals surface area contributed by atoms with Crippen molar-refractivity contribution in [2.75, 3.05) is 13.1 Å². The van der Waals surface area contributed by atoms with Crippen LogP contribution in [-0.4, -0.2) is 35.2 Å². The van der Waals surface area contributed by atoms with E-state index in [1.165, 1.54) is 45.1 Å². The first-order chi connectivity index (χ1) is 7.27. The number of hydrogen-bond donors (Lipinski definition) is 1. The van der Waals surface area contributed by atoms with E-state index in [0.29, 0.717) is 0 Å². The second kappa shape index (κ2) is 5.31. The summed E-state index contributed by atoms with van der Waals surface area (Å²) in [7, 11) is 0. The zero-order valence-electron chi connectivity index (χ0n) is 9.99.